The summed E-state index contributed by atoms with van der Waals surface area (Å²) in [6.07, 6.45) is 3.29. The maximum absolute atomic E-state index is 10.6. The number of piperidine rings is 1. The maximum Gasteiger partial charge on any atom is 0.317 e. The number of rotatable bonds is 6. The molecule has 1 aromatic carbocycles. The lowest BCUT2D eigenvalue weighted by Crippen LogP contribution is -2.47. The highest BCUT2D eigenvalue weighted by Crippen LogP contribution is 2.11. The number of nitrogens with one attached hydrogen (secondary N) is 1. The molecule has 1 aromatic rings. The lowest BCUT2D eigenvalue weighted by atomic mass is 10.0. The number of benzene rings is 1. The number of hydrogen-bond acceptors (Lipinski definition) is 3. The van der Waals surface area contributed by atoms with Gasteiger partial charge in [-0.05, 0) is 31.4 Å². The molecular weight excluding hydrogens is 240 g/mol. The Balaban J connectivity index is 1.73. The van der Waals surface area contributed by atoms with Crippen LogP contribution in [0.25, 0.3) is 0 Å². The third kappa shape index (κ3) is 5.01. The van der Waals surface area contributed by atoms with Gasteiger partial charge >= 0.3 is 5.97 Å². The van der Waals surface area contributed by atoms with E-state index in [1.807, 2.05) is 6.07 Å². The molecular formula is C15H22N2O2. The summed E-state index contributed by atoms with van der Waals surface area (Å²) in [5.41, 5.74) is 1.36. The molecule has 1 heterocycles. The van der Waals surface area contributed by atoms with Crippen LogP contribution in [-0.2, 0) is 11.2 Å². The molecule has 1 saturated heterocycles. The lowest BCUT2D eigenvalue weighted by molar-refractivity contribution is -0.136. The molecule has 0 bridgehead atoms. The van der Waals surface area contributed by atoms with Crippen LogP contribution in [0.2, 0.25) is 0 Å². The van der Waals surface area contributed by atoms with E-state index in [4.69, 9.17) is 5.11 Å². The summed E-state index contributed by atoms with van der Waals surface area (Å²) in [6.45, 7) is 3.20. The monoisotopic (exact) mass is 262 g/mol. The predicted octanol–water partition coefficient (Wildman–Crippen LogP) is 1.37. The van der Waals surface area contributed by atoms with E-state index in [0.29, 0.717) is 6.04 Å². The number of carboxylic acid groups (broad SMARTS) is 1. The van der Waals surface area contributed by atoms with Gasteiger partial charge in [0.2, 0.25) is 0 Å². The second kappa shape index (κ2) is 7.26. The summed E-state index contributed by atoms with van der Waals surface area (Å²) < 4.78 is 0. The van der Waals surface area contributed by atoms with E-state index in [9.17, 15) is 4.79 Å². The molecule has 0 spiro atoms. The Bertz CT molecular complexity index is 394. The Morgan fingerprint density at radius 2 is 2.16 bits per heavy atom. The van der Waals surface area contributed by atoms with E-state index in [0.717, 1.165) is 38.9 Å². The minimum atomic E-state index is -0.776. The van der Waals surface area contributed by atoms with Crippen molar-refractivity contribution in [2.24, 2.45) is 0 Å². The molecule has 2 rings (SSSR count). The number of aliphatic carboxylic acids is 1. The number of carboxylic acids is 1. The van der Waals surface area contributed by atoms with Gasteiger partial charge in [-0.3, -0.25) is 4.79 Å². The van der Waals surface area contributed by atoms with Gasteiger partial charge in [0.05, 0.1) is 6.54 Å². The van der Waals surface area contributed by atoms with Crippen LogP contribution in [-0.4, -0.2) is 48.2 Å². The molecule has 104 valence electrons. The van der Waals surface area contributed by atoms with Gasteiger partial charge in [0.25, 0.3) is 0 Å². The molecule has 4 heteroatoms. The van der Waals surface area contributed by atoms with Gasteiger partial charge in [-0.15, -0.1) is 0 Å². The molecule has 0 amide bonds. The fraction of sp³-hybridized carbons (Fsp3) is 0.533. The van der Waals surface area contributed by atoms with E-state index in [1.54, 1.807) is 0 Å². The molecule has 2 N–H and O–H groups in total. The van der Waals surface area contributed by atoms with E-state index < -0.39 is 5.97 Å². The van der Waals surface area contributed by atoms with E-state index >= 15 is 0 Å². The summed E-state index contributed by atoms with van der Waals surface area (Å²) in [5, 5.41) is 11.8. The molecule has 1 fully saturated rings. The van der Waals surface area contributed by atoms with Crippen molar-refractivity contribution in [1.29, 1.82) is 0 Å². The van der Waals surface area contributed by atoms with Gasteiger partial charge in [0.1, 0.15) is 0 Å². The SMILES string of the molecule is O=C(O)CNC1CCCN(CCc2ccccc2)C1. The van der Waals surface area contributed by atoms with Crippen LogP contribution in [0.15, 0.2) is 30.3 Å². The van der Waals surface area contributed by atoms with Crippen LogP contribution in [0.1, 0.15) is 18.4 Å². The van der Waals surface area contributed by atoms with Crippen molar-refractivity contribution in [2.45, 2.75) is 25.3 Å². The Morgan fingerprint density at radius 1 is 1.37 bits per heavy atom. The largest absolute Gasteiger partial charge is 0.480 e. The third-order valence-electron chi connectivity index (χ3n) is 3.61. The summed E-state index contributed by atoms with van der Waals surface area (Å²) in [5.74, 6) is -0.776. The molecule has 0 aliphatic carbocycles. The molecule has 1 aliphatic rings. The minimum Gasteiger partial charge on any atom is -0.480 e. The van der Waals surface area contributed by atoms with Crippen LogP contribution >= 0.6 is 0 Å². The van der Waals surface area contributed by atoms with Gasteiger partial charge in [-0.1, -0.05) is 30.3 Å². The molecule has 1 aliphatic heterocycles. The Hall–Kier alpha value is -1.39. The first-order chi connectivity index (χ1) is 9.24. The van der Waals surface area contributed by atoms with Crippen molar-refractivity contribution in [1.82, 2.24) is 10.2 Å². The highest BCUT2D eigenvalue weighted by Gasteiger charge is 2.19. The first kappa shape index (κ1) is 14.0. The van der Waals surface area contributed by atoms with Crippen LogP contribution in [0.4, 0.5) is 0 Å². The van der Waals surface area contributed by atoms with E-state index in [1.165, 1.54) is 5.56 Å². The zero-order valence-corrected chi connectivity index (χ0v) is 11.2. The summed E-state index contributed by atoms with van der Waals surface area (Å²) in [7, 11) is 0. The highest BCUT2D eigenvalue weighted by atomic mass is 16.4. The Morgan fingerprint density at radius 3 is 2.89 bits per heavy atom. The van der Waals surface area contributed by atoms with Crippen LogP contribution in [0.3, 0.4) is 0 Å². The topological polar surface area (TPSA) is 52.6 Å². The minimum absolute atomic E-state index is 0.0667. The number of hydrogen-bond donors (Lipinski definition) is 2. The van der Waals surface area contributed by atoms with Crippen LogP contribution in [0, 0.1) is 0 Å². The van der Waals surface area contributed by atoms with Crippen LogP contribution < -0.4 is 5.32 Å². The van der Waals surface area contributed by atoms with Gasteiger partial charge in [-0.2, -0.15) is 0 Å². The second-order valence-corrected chi connectivity index (χ2v) is 5.15. The molecule has 0 radical (unpaired) electrons. The lowest BCUT2D eigenvalue weighted by Gasteiger charge is -2.33. The van der Waals surface area contributed by atoms with Gasteiger partial charge < -0.3 is 15.3 Å². The average Bonchev–Trinajstić information content (AvgIpc) is 2.44. The number of carbonyl (C=O) groups is 1. The van der Waals surface area contributed by atoms with Crippen LogP contribution in [0.5, 0.6) is 0 Å². The van der Waals surface area contributed by atoms with Crippen molar-refractivity contribution in [3.8, 4) is 0 Å². The van der Waals surface area contributed by atoms with Gasteiger partial charge in [-0.25, -0.2) is 0 Å². The Kier molecular flexibility index (Phi) is 5.36. The maximum atomic E-state index is 10.6. The van der Waals surface area contributed by atoms with E-state index in [2.05, 4.69) is 34.5 Å². The summed E-state index contributed by atoms with van der Waals surface area (Å²) >= 11 is 0. The highest BCUT2D eigenvalue weighted by molar-refractivity contribution is 5.69. The summed E-state index contributed by atoms with van der Waals surface area (Å²) in [4.78, 5) is 13.0. The van der Waals surface area contributed by atoms with Crippen molar-refractivity contribution < 1.29 is 9.90 Å². The van der Waals surface area contributed by atoms with Gasteiger partial charge in [0.15, 0.2) is 0 Å². The zero-order chi connectivity index (χ0) is 13.5. The average molecular weight is 262 g/mol. The predicted molar refractivity (Wildman–Crippen MR) is 75.2 cm³/mol. The first-order valence-electron chi connectivity index (χ1n) is 6.95. The van der Waals surface area contributed by atoms with Crippen molar-refractivity contribution in [3.63, 3.8) is 0 Å². The molecule has 1 atom stereocenters. The van der Waals surface area contributed by atoms with Crippen molar-refractivity contribution in [2.75, 3.05) is 26.2 Å². The van der Waals surface area contributed by atoms with E-state index in [-0.39, 0.29) is 6.54 Å². The normalized spacial score (nSPS) is 20.3. The fourth-order valence-electron chi connectivity index (χ4n) is 2.59. The second-order valence-electron chi connectivity index (χ2n) is 5.15. The standard InChI is InChI=1S/C15H22N2O2/c18-15(19)11-16-14-7-4-9-17(12-14)10-8-13-5-2-1-3-6-13/h1-3,5-6,14,16H,4,7-12H2,(H,18,19). The van der Waals surface area contributed by atoms with Gasteiger partial charge in [0, 0.05) is 19.1 Å². The molecule has 0 aromatic heterocycles. The molecule has 1 unspecified atom stereocenters. The molecule has 0 saturated carbocycles. The Labute approximate surface area is 114 Å². The number of nitrogens with zero attached hydrogens (tertiary/aromatic N) is 1. The fourth-order valence-corrected chi connectivity index (χ4v) is 2.59. The summed E-state index contributed by atoms with van der Waals surface area (Å²) in [6, 6.07) is 10.8. The number of likely N-dealkylation sites (tertiary alicyclic amines) is 1. The molecule has 4 nitrogen and oxygen atoms in total. The smallest absolute Gasteiger partial charge is 0.317 e. The third-order valence-corrected chi connectivity index (χ3v) is 3.61. The zero-order valence-electron chi connectivity index (χ0n) is 11.2. The first-order valence-corrected chi connectivity index (χ1v) is 6.95. The quantitative estimate of drug-likeness (QED) is 0.813. The van der Waals surface area contributed by atoms with Crippen molar-refractivity contribution >= 4 is 5.97 Å². The van der Waals surface area contributed by atoms with Crippen molar-refractivity contribution in [3.05, 3.63) is 35.9 Å². The molecule has 19 heavy (non-hydrogen) atoms.